The number of allylic oxidation sites excluding steroid dienone is 4. The van der Waals surface area contributed by atoms with Crippen LogP contribution in [0.1, 0.15) is 27.7 Å². The monoisotopic (exact) mass is 243 g/mol. The maximum Gasteiger partial charge on any atom is 0.0979 e. The summed E-state index contributed by atoms with van der Waals surface area (Å²) in [5.41, 5.74) is 1.29. The van der Waals surface area contributed by atoms with Crippen LogP contribution in [0.3, 0.4) is 0 Å². The van der Waals surface area contributed by atoms with Gasteiger partial charge in [0.2, 0.25) is 0 Å². The summed E-state index contributed by atoms with van der Waals surface area (Å²) in [7, 11) is 0. The lowest BCUT2D eigenvalue weighted by atomic mass is 10.5. The molecule has 0 fully saturated rings. The zero-order valence-electron chi connectivity index (χ0n) is 8.72. The van der Waals surface area contributed by atoms with Crippen LogP contribution in [0.4, 0.5) is 0 Å². The summed E-state index contributed by atoms with van der Waals surface area (Å²) in [4.78, 5) is 4.25. The Morgan fingerprint density at radius 2 is 1.36 bits per heavy atom. The van der Waals surface area contributed by atoms with E-state index in [9.17, 15) is 0 Å². The minimum Gasteiger partial charge on any atom is -0.352 e. The summed E-state index contributed by atoms with van der Waals surface area (Å²) in [6, 6.07) is 0. The van der Waals surface area contributed by atoms with Gasteiger partial charge < -0.3 is 5.32 Å². The Hall–Kier alpha value is 0.0700. The molecule has 0 saturated heterocycles. The van der Waals surface area contributed by atoms with E-state index >= 15 is 0 Å². The summed E-state index contributed by atoms with van der Waals surface area (Å²) >= 11 is 5.63. The molecule has 2 aliphatic heterocycles. The van der Waals surface area contributed by atoms with Crippen molar-refractivity contribution in [2.75, 3.05) is 0 Å². The SMILES string of the molecule is CC1=C(C)SC(=C2SC(C)=C(C)S2)N1. The quantitative estimate of drug-likeness (QED) is 0.675. The lowest BCUT2D eigenvalue weighted by molar-refractivity contribution is 1.05. The van der Waals surface area contributed by atoms with Gasteiger partial charge in [-0.2, -0.15) is 0 Å². The van der Waals surface area contributed by atoms with Gasteiger partial charge in [-0.05, 0) is 37.5 Å². The molecule has 2 aliphatic rings. The van der Waals surface area contributed by atoms with Crippen molar-refractivity contribution >= 4 is 35.3 Å². The molecule has 2 heterocycles. The van der Waals surface area contributed by atoms with E-state index in [1.807, 2.05) is 35.3 Å². The van der Waals surface area contributed by atoms with E-state index < -0.39 is 0 Å². The van der Waals surface area contributed by atoms with Gasteiger partial charge in [-0.15, -0.1) is 0 Å². The second-order valence-corrected chi connectivity index (χ2v) is 7.27. The summed E-state index contributed by atoms with van der Waals surface area (Å²) in [5, 5.41) is 4.75. The molecule has 2 rings (SSSR count). The third-order valence-electron chi connectivity index (χ3n) is 2.26. The molecule has 0 unspecified atom stereocenters. The van der Waals surface area contributed by atoms with E-state index in [0.717, 1.165) is 0 Å². The molecule has 0 radical (unpaired) electrons. The predicted octanol–water partition coefficient (Wildman–Crippen LogP) is 4.43. The van der Waals surface area contributed by atoms with Gasteiger partial charge in [-0.25, -0.2) is 0 Å². The Morgan fingerprint density at radius 1 is 0.786 bits per heavy atom. The molecule has 76 valence electrons. The molecule has 1 N–H and O–H groups in total. The van der Waals surface area contributed by atoms with Crippen LogP contribution in [0, 0.1) is 0 Å². The highest BCUT2D eigenvalue weighted by Gasteiger charge is 2.22. The van der Waals surface area contributed by atoms with E-state index in [0.29, 0.717) is 0 Å². The van der Waals surface area contributed by atoms with Crippen LogP contribution in [0.2, 0.25) is 0 Å². The second kappa shape index (κ2) is 3.91. The lowest BCUT2D eigenvalue weighted by Crippen LogP contribution is -2.02. The smallest absolute Gasteiger partial charge is 0.0979 e. The Labute approximate surface area is 97.9 Å². The molecule has 0 atom stereocenters. The summed E-state index contributed by atoms with van der Waals surface area (Å²) in [6.45, 7) is 8.67. The van der Waals surface area contributed by atoms with Gasteiger partial charge in [0, 0.05) is 10.6 Å². The van der Waals surface area contributed by atoms with Crippen LogP contribution in [0.25, 0.3) is 0 Å². The van der Waals surface area contributed by atoms with Crippen LogP contribution in [0.15, 0.2) is 29.7 Å². The highest BCUT2D eigenvalue weighted by molar-refractivity contribution is 8.29. The molecule has 1 nitrogen and oxygen atoms in total. The van der Waals surface area contributed by atoms with Gasteiger partial charge in [0.15, 0.2) is 0 Å². The van der Waals surface area contributed by atoms with Crippen LogP contribution in [0.5, 0.6) is 0 Å². The molecule has 0 bridgehead atoms. The lowest BCUT2D eigenvalue weighted by Gasteiger charge is -2.03. The zero-order valence-corrected chi connectivity index (χ0v) is 11.2. The second-order valence-electron chi connectivity index (χ2n) is 3.34. The first kappa shape index (κ1) is 10.6. The Bertz CT molecular complexity index is 309. The third kappa shape index (κ3) is 1.88. The van der Waals surface area contributed by atoms with Gasteiger partial charge in [-0.1, -0.05) is 35.3 Å². The van der Waals surface area contributed by atoms with Crippen LogP contribution in [-0.2, 0) is 0 Å². The molecule has 0 aromatic heterocycles. The fraction of sp³-hybridized carbons (Fsp3) is 0.400. The standard InChI is InChI=1S/C10H13NS3/c1-5-6(2)12-9(11-5)10-13-7(3)8(4)14-10/h11H,1-4H3. The van der Waals surface area contributed by atoms with Crippen molar-refractivity contribution in [3.05, 3.63) is 29.7 Å². The molecular weight excluding hydrogens is 230 g/mol. The molecule has 0 saturated carbocycles. The van der Waals surface area contributed by atoms with Crippen molar-refractivity contribution in [3.63, 3.8) is 0 Å². The molecule has 0 aliphatic carbocycles. The van der Waals surface area contributed by atoms with Crippen LogP contribution < -0.4 is 5.32 Å². The molecule has 0 spiro atoms. The number of hydrogen-bond donors (Lipinski definition) is 1. The van der Waals surface area contributed by atoms with Crippen molar-refractivity contribution in [2.45, 2.75) is 27.7 Å². The van der Waals surface area contributed by atoms with Crippen LogP contribution in [-0.4, -0.2) is 0 Å². The molecule has 0 amide bonds. The highest BCUT2D eigenvalue weighted by atomic mass is 32.2. The molecule has 14 heavy (non-hydrogen) atoms. The van der Waals surface area contributed by atoms with Gasteiger partial charge >= 0.3 is 0 Å². The van der Waals surface area contributed by atoms with Gasteiger partial charge in [0.1, 0.15) is 0 Å². The summed E-state index contributed by atoms with van der Waals surface area (Å²) < 4.78 is 1.40. The summed E-state index contributed by atoms with van der Waals surface area (Å²) in [5.74, 6) is 0. The first-order valence-electron chi connectivity index (χ1n) is 4.47. The zero-order chi connectivity index (χ0) is 10.3. The van der Waals surface area contributed by atoms with Crippen molar-refractivity contribution in [1.29, 1.82) is 0 Å². The topological polar surface area (TPSA) is 12.0 Å². The van der Waals surface area contributed by atoms with E-state index in [1.165, 1.54) is 29.7 Å². The van der Waals surface area contributed by atoms with E-state index in [1.54, 1.807) is 0 Å². The van der Waals surface area contributed by atoms with Crippen molar-refractivity contribution < 1.29 is 0 Å². The van der Waals surface area contributed by atoms with Crippen LogP contribution >= 0.6 is 35.3 Å². The normalized spacial score (nSPS) is 22.6. The maximum atomic E-state index is 3.44. The van der Waals surface area contributed by atoms with Gasteiger partial charge in [-0.3, -0.25) is 0 Å². The van der Waals surface area contributed by atoms with E-state index in [-0.39, 0.29) is 0 Å². The number of thioether (sulfide) groups is 3. The van der Waals surface area contributed by atoms with E-state index in [2.05, 4.69) is 33.0 Å². The average Bonchev–Trinajstić information content (AvgIpc) is 2.60. The molecule has 0 aromatic carbocycles. The first-order valence-corrected chi connectivity index (χ1v) is 6.92. The van der Waals surface area contributed by atoms with Gasteiger partial charge in [0.25, 0.3) is 0 Å². The fourth-order valence-corrected chi connectivity index (χ4v) is 4.74. The van der Waals surface area contributed by atoms with Crippen molar-refractivity contribution in [3.8, 4) is 0 Å². The highest BCUT2D eigenvalue weighted by Crippen LogP contribution is 2.53. The predicted molar refractivity (Wildman–Crippen MR) is 69.7 cm³/mol. The number of nitrogens with one attached hydrogen (secondary N) is 1. The molecular formula is C10H13NS3. The fourth-order valence-electron chi connectivity index (χ4n) is 1.14. The Morgan fingerprint density at radius 3 is 1.79 bits per heavy atom. The van der Waals surface area contributed by atoms with Crippen molar-refractivity contribution in [2.24, 2.45) is 0 Å². The maximum absolute atomic E-state index is 3.44. The number of rotatable bonds is 0. The largest absolute Gasteiger partial charge is 0.352 e. The Balaban J connectivity index is 2.17. The van der Waals surface area contributed by atoms with Gasteiger partial charge in [0.05, 0.1) is 9.27 Å². The minimum atomic E-state index is 1.29. The first-order chi connectivity index (χ1) is 6.58. The third-order valence-corrected chi connectivity index (χ3v) is 6.27. The molecule has 4 heteroatoms. The minimum absolute atomic E-state index is 1.29. The Kier molecular flexibility index (Phi) is 2.96. The van der Waals surface area contributed by atoms with E-state index in [4.69, 9.17) is 0 Å². The molecule has 0 aromatic rings. The summed E-state index contributed by atoms with van der Waals surface area (Å²) in [6.07, 6.45) is 0. The van der Waals surface area contributed by atoms with Crippen molar-refractivity contribution in [1.82, 2.24) is 5.32 Å². The average molecular weight is 243 g/mol. The number of hydrogen-bond acceptors (Lipinski definition) is 4.